The number of benzene rings is 1. The van der Waals surface area contributed by atoms with E-state index in [-0.39, 0.29) is 0 Å². The van der Waals surface area contributed by atoms with Gasteiger partial charge in [-0.1, -0.05) is 22.0 Å². The van der Waals surface area contributed by atoms with Crippen molar-refractivity contribution >= 4 is 27.3 Å². The molecule has 1 heterocycles. The third-order valence-electron chi connectivity index (χ3n) is 2.11. The fourth-order valence-electron chi connectivity index (χ4n) is 1.30. The van der Waals surface area contributed by atoms with E-state index in [4.69, 9.17) is 0 Å². The van der Waals surface area contributed by atoms with Gasteiger partial charge >= 0.3 is 6.18 Å². The van der Waals surface area contributed by atoms with Gasteiger partial charge in [0.2, 0.25) is 0 Å². The Labute approximate surface area is 112 Å². The van der Waals surface area contributed by atoms with Crippen molar-refractivity contribution in [1.82, 2.24) is 10.2 Å². The Morgan fingerprint density at radius 1 is 1.16 bits per heavy atom. The van der Waals surface area contributed by atoms with Gasteiger partial charge in [-0.2, -0.15) is 18.3 Å². The lowest BCUT2D eigenvalue weighted by atomic mass is 10.3. The number of hydrogen-bond donors (Lipinski definition) is 2. The largest absolute Gasteiger partial charge is 0.435 e. The van der Waals surface area contributed by atoms with Crippen molar-refractivity contribution < 1.29 is 13.2 Å². The second kappa shape index (κ2) is 5.00. The van der Waals surface area contributed by atoms with E-state index in [1.165, 1.54) is 0 Å². The van der Waals surface area contributed by atoms with Crippen molar-refractivity contribution in [2.45, 2.75) is 6.18 Å². The third-order valence-corrected chi connectivity index (χ3v) is 2.60. The summed E-state index contributed by atoms with van der Waals surface area (Å²) >= 11 is 3.19. The zero-order valence-corrected chi connectivity index (χ0v) is 10.7. The van der Waals surface area contributed by atoms with E-state index in [1.54, 1.807) is 29.4 Å². The van der Waals surface area contributed by atoms with Crippen molar-refractivity contribution in [2.75, 3.05) is 0 Å². The Bertz CT molecular complexity index is 674. The average Bonchev–Trinajstić information content (AvgIpc) is 2.68. The molecular weight excluding hydrogens is 329 g/mol. The Hall–Kier alpha value is -1.90. The van der Waals surface area contributed by atoms with Gasteiger partial charge in [-0.25, -0.2) is 0 Å². The highest BCUT2D eigenvalue weighted by Crippen LogP contribution is 2.33. The summed E-state index contributed by atoms with van der Waals surface area (Å²) in [5.74, 6) is 0. The number of nitrogens with zero attached hydrogens (tertiary/aromatic N) is 2. The van der Waals surface area contributed by atoms with Gasteiger partial charge in [0, 0.05) is 4.47 Å². The van der Waals surface area contributed by atoms with Crippen LogP contribution in [-0.4, -0.2) is 10.2 Å². The first-order valence-corrected chi connectivity index (χ1v) is 5.72. The molecule has 0 fully saturated rings. The van der Waals surface area contributed by atoms with Crippen molar-refractivity contribution in [2.24, 2.45) is 10.2 Å². The SMILES string of the molecule is O=c1[nH][nH]c(C(F)(F)F)c1N=Nc1cccc(Br)c1. The lowest BCUT2D eigenvalue weighted by Gasteiger charge is -2.02. The molecule has 0 unspecified atom stereocenters. The molecule has 19 heavy (non-hydrogen) atoms. The number of rotatable bonds is 2. The molecule has 2 N–H and O–H groups in total. The van der Waals surface area contributed by atoms with Crippen LogP contribution in [0.4, 0.5) is 24.5 Å². The molecular formula is C10H6BrF3N4O. The molecule has 5 nitrogen and oxygen atoms in total. The Morgan fingerprint density at radius 2 is 1.89 bits per heavy atom. The molecule has 0 bridgehead atoms. The lowest BCUT2D eigenvalue weighted by molar-refractivity contribution is -0.140. The van der Waals surface area contributed by atoms with Crippen LogP contribution in [0.1, 0.15) is 5.69 Å². The number of nitrogens with one attached hydrogen (secondary N) is 2. The van der Waals surface area contributed by atoms with E-state index in [9.17, 15) is 18.0 Å². The van der Waals surface area contributed by atoms with Gasteiger partial charge < -0.3 is 0 Å². The van der Waals surface area contributed by atoms with Crippen molar-refractivity contribution in [3.63, 3.8) is 0 Å². The van der Waals surface area contributed by atoms with Gasteiger partial charge in [-0.15, -0.1) is 5.11 Å². The zero-order chi connectivity index (χ0) is 14.0. The maximum absolute atomic E-state index is 12.6. The number of aromatic nitrogens is 2. The molecule has 0 aliphatic carbocycles. The van der Waals surface area contributed by atoms with Crippen LogP contribution >= 0.6 is 15.9 Å². The molecule has 2 rings (SSSR count). The zero-order valence-electron chi connectivity index (χ0n) is 9.12. The standard InChI is InChI=1S/C10H6BrF3N4O/c11-5-2-1-3-6(4-5)15-16-7-8(10(12,13)14)17-18-9(7)19/h1-4H,(H2,17,18,19). The number of halogens is 4. The summed E-state index contributed by atoms with van der Waals surface area (Å²) in [5, 5.41) is 10.5. The van der Waals surface area contributed by atoms with Gasteiger partial charge in [0.1, 0.15) is 0 Å². The fraction of sp³-hybridized carbons (Fsp3) is 0.100. The number of hydrogen-bond acceptors (Lipinski definition) is 3. The van der Waals surface area contributed by atoms with Crippen LogP contribution in [0.5, 0.6) is 0 Å². The second-order valence-electron chi connectivity index (χ2n) is 3.48. The van der Waals surface area contributed by atoms with Crippen LogP contribution in [-0.2, 0) is 6.18 Å². The molecule has 2 aromatic rings. The molecule has 0 aliphatic rings. The minimum atomic E-state index is -4.70. The van der Waals surface area contributed by atoms with E-state index in [1.807, 2.05) is 5.10 Å². The minimum Gasteiger partial charge on any atom is -0.292 e. The molecule has 100 valence electrons. The summed E-state index contributed by atoms with van der Waals surface area (Å²) in [7, 11) is 0. The molecule has 1 aromatic heterocycles. The van der Waals surface area contributed by atoms with Crippen LogP contribution in [0.2, 0.25) is 0 Å². The summed E-state index contributed by atoms with van der Waals surface area (Å²) in [6.45, 7) is 0. The molecule has 0 saturated carbocycles. The lowest BCUT2D eigenvalue weighted by Crippen LogP contribution is -2.06. The number of alkyl halides is 3. The van der Waals surface area contributed by atoms with E-state index in [0.717, 1.165) is 0 Å². The van der Waals surface area contributed by atoms with Gasteiger partial charge in [0.25, 0.3) is 5.56 Å². The molecule has 0 aliphatic heterocycles. The van der Waals surface area contributed by atoms with Crippen LogP contribution in [0, 0.1) is 0 Å². The Balaban J connectivity index is 2.39. The average molecular weight is 335 g/mol. The monoisotopic (exact) mass is 334 g/mol. The number of aromatic amines is 2. The van der Waals surface area contributed by atoms with Crippen LogP contribution in [0.25, 0.3) is 0 Å². The summed E-state index contributed by atoms with van der Waals surface area (Å²) < 4.78 is 38.4. The topological polar surface area (TPSA) is 73.4 Å². The highest BCUT2D eigenvalue weighted by Gasteiger charge is 2.37. The van der Waals surface area contributed by atoms with Crippen LogP contribution < -0.4 is 5.56 Å². The minimum absolute atomic E-state index is 0.322. The van der Waals surface area contributed by atoms with Gasteiger partial charge in [-0.3, -0.25) is 15.0 Å². The van der Waals surface area contributed by atoms with Gasteiger partial charge in [-0.05, 0) is 18.2 Å². The molecule has 0 spiro atoms. The molecule has 1 aromatic carbocycles. The first kappa shape index (κ1) is 13.5. The summed E-state index contributed by atoms with van der Waals surface area (Å²) in [6.07, 6.45) is -4.70. The summed E-state index contributed by atoms with van der Waals surface area (Å²) in [5.41, 5.74) is -2.71. The maximum Gasteiger partial charge on any atom is 0.435 e. The molecule has 0 amide bonds. The fourth-order valence-corrected chi connectivity index (χ4v) is 1.68. The van der Waals surface area contributed by atoms with E-state index >= 15 is 0 Å². The second-order valence-corrected chi connectivity index (χ2v) is 4.40. The quantitative estimate of drug-likeness (QED) is 0.803. The van der Waals surface area contributed by atoms with Gasteiger partial charge in [0.15, 0.2) is 11.4 Å². The smallest absolute Gasteiger partial charge is 0.292 e. The number of azo groups is 1. The van der Waals surface area contributed by atoms with E-state index < -0.39 is 23.1 Å². The normalized spacial score (nSPS) is 12.2. The first-order chi connectivity index (χ1) is 8.88. The highest BCUT2D eigenvalue weighted by molar-refractivity contribution is 9.10. The number of H-pyrrole nitrogens is 2. The molecule has 0 saturated heterocycles. The van der Waals surface area contributed by atoms with Crippen molar-refractivity contribution in [1.29, 1.82) is 0 Å². The summed E-state index contributed by atoms with van der Waals surface area (Å²) in [4.78, 5) is 11.2. The molecule has 9 heteroatoms. The van der Waals surface area contributed by atoms with Gasteiger partial charge in [0.05, 0.1) is 5.69 Å². The Morgan fingerprint density at radius 3 is 2.53 bits per heavy atom. The van der Waals surface area contributed by atoms with Crippen LogP contribution in [0.15, 0.2) is 43.8 Å². The van der Waals surface area contributed by atoms with Crippen molar-refractivity contribution in [3.8, 4) is 0 Å². The maximum atomic E-state index is 12.6. The highest BCUT2D eigenvalue weighted by atomic mass is 79.9. The third kappa shape index (κ3) is 3.11. The molecule has 0 atom stereocenters. The first-order valence-electron chi connectivity index (χ1n) is 4.93. The van der Waals surface area contributed by atoms with Crippen molar-refractivity contribution in [3.05, 3.63) is 44.8 Å². The van der Waals surface area contributed by atoms with E-state index in [0.29, 0.717) is 10.2 Å². The predicted octanol–water partition coefficient (Wildman–Crippen LogP) is 3.90. The molecule has 0 radical (unpaired) electrons. The van der Waals surface area contributed by atoms with E-state index in [2.05, 4.69) is 26.2 Å². The predicted molar refractivity (Wildman–Crippen MR) is 64.7 cm³/mol. The van der Waals surface area contributed by atoms with Crippen LogP contribution in [0.3, 0.4) is 0 Å². The summed E-state index contributed by atoms with van der Waals surface area (Å²) in [6, 6.07) is 6.47. The Kier molecular flexibility index (Phi) is 3.56.